The Kier molecular flexibility index (Phi) is 10.6. The summed E-state index contributed by atoms with van der Waals surface area (Å²) in [5.74, 6) is -4.20. The number of H-pyrrole nitrogens is 1. The Bertz CT molecular complexity index is 742. The fourth-order valence-electron chi connectivity index (χ4n) is 2.60. The molecule has 0 saturated carbocycles. The van der Waals surface area contributed by atoms with Crippen molar-refractivity contribution < 1.29 is 34.5 Å². The molecule has 0 aromatic carbocycles. The van der Waals surface area contributed by atoms with Crippen molar-refractivity contribution in [3.63, 3.8) is 0 Å². The van der Waals surface area contributed by atoms with Crippen LogP contribution in [0.5, 0.6) is 0 Å². The summed E-state index contributed by atoms with van der Waals surface area (Å²) in [6.45, 7) is 1.84. The number of rotatable bonds is 13. The number of amides is 3. The Balaban J connectivity index is 2.80. The monoisotopic (exact) mass is 442 g/mol. The molecule has 0 spiro atoms. The third kappa shape index (κ3) is 7.96. The molecule has 0 fully saturated rings. The maximum Gasteiger partial charge on any atom is 0.328 e. The van der Waals surface area contributed by atoms with Gasteiger partial charge in [-0.1, -0.05) is 20.3 Å². The molecule has 1 aromatic heterocycles. The fourth-order valence-corrected chi connectivity index (χ4v) is 2.60. The normalized spacial score (nSPS) is 15.8. The van der Waals surface area contributed by atoms with E-state index in [9.17, 15) is 24.3 Å². The number of nitrogens with two attached hydrogens (primary N) is 1. The molecule has 0 aliphatic rings. The molecule has 0 radical (unpaired) electrons. The summed E-state index contributed by atoms with van der Waals surface area (Å²) in [6, 6.07) is -5.09. The molecular formula is C18H30N6O7. The van der Waals surface area contributed by atoms with E-state index < -0.39 is 67.0 Å². The van der Waals surface area contributed by atoms with Crippen LogP contribution in [0.15, 0.2) is 12.5 Å². The zero-order valence-electron chi connectivity index (χ0n) is 17.4. The van der Waals surface area contributed by atoms with E-state index in [4.69, 9.17) is 15.9 Å². The minimum absolute atomic E-state index is 0.126. The predicted octanol–water partition coefficient (Wildman–Crippen LogP) is -3.15. The second kappa shape index (κ2) is 12.6. The summed E-state index contributed by atoms with van der Waals surface area (Å²) in [6.07, 6.45) is 3.51. The van der Waals surface area contributed by atoms with Crippen molar-refractivity contribution in [2.75, 3.05) is 13.2 Å². The Morgan fingerprint density at radius 1 is 1.06 bits per heavy atom. The Hall–Kier alpha value is -3.03. The third-order valence-electron chi connectivity index (χ3n) is 4.74. The molecule has 9 N–H and O–H groups in total. The highest BCUT2D eigenvalue weighted by Gasteiger charge is 2.32. The first-order valence-corrected chi connectivity index (χ1v) is 9.72. The minimum atomic E-state index is -1.54. The second-order valence-corrected chi connectivity index (χ2v) is 7.08. The summed E-state index contributed by atoms with van der Waals surface area (Å²) in [4.78, 5) is 55.0. The van der Waals surface area contributed by atoms with Crippen molar-refractivity contribution in [3.8, 4) is 0 Å². The molecule has 3 amide bonds. The summed E-state index contributed by atoms with van der Waals surface area (Å²) in [5.41, 5.74) is 6.42. The molecule has 1 heterocycles. The summed E-state index contributed by atoms with van der Waals surface area (Å²) >= 11 is 0. The van der Waals surface area contributed by atoms with E-state index in [2.05, 4.69) is 25.9 Å². The number of nitrogens with one attached hydrogen (secondary N) is 4. The number of aromatic amines is 1. The summed E-state index contributed by atoms with van der Waals surface area (Å²) < 4.78 is 0. The molecule has 0 bridgehead atoms. The van der Waals surface area contributed by atoms with E-state index in [-0.39, 0.29) is 6.42 Å². The van der Waals surface area contributed by atoms with Crippen molar-refractivity contribution in [2.45, 2.75) is 50.9 Å². The first kappa shape index (κ1) is 26.0. The van der Waals surface area contributed by atoms with Gasteiger partial charge in [0, 0.05) is 18.3 Å². The maximum absolute atomic E-state index is 12.6. The minimum Gasteiger partial charge on any atom is -0.480 e. The zero-order chi connectivity index (χ0) is 23.6. The predicted molar refractivity (Wildman–Crippen MR) is 107 cm³/mol. The third-order valence-corrected chi connectivity index (χ3v) is 4.74. The van der Waals surface area contributed by atoms with Gasteiger partial charge in [0.25, 0.3) is 0 Å². The van der Waals surface area contributed by atoms with E-state index in [1.54, 1.807) is 13.8 Å². The Morgan fingerprint density at radius 3 is 2.16 bits per heavy atom. The van der Waals surface area contributed by atoms with Gasteiger partial charge in [0.15, 0.2) is 0 Å². The lowest BCUT2D eigenvalue weighted by Crippen LogP contribution is -2.59. The van der Waals surface area contributed by atoms with E-state index in [0.717, 1.165) is 0 Å². The van der Waals surface area contributed by atoms with Crippen LogP contribution in [-0.4, -0.2) is 86.4 Å². The van der Waals surface area contributed by atoms with E-state index >= 15 is 0 Å². The number of hydrogen-bond donors (Lipinski definition) is 8. The molecule has 174 valence electrons. The molecule has 0 saturated heterocycles. The first-order chi connectivity index (χ1) is 14.6. The largest absolute Gasteiger partial charge is 0.480 e. The molecule has 0 aliphatic carbocycles. The number of aromatic nitrogens is 2. The number of nitrogens with zero attached hydrogens (tertiary/aromatic N) is 1. The van der Waals surface area contributed by atoms with Gasteiger partial charge in [-0.15, -0.1) is 0 Å². The van der Waals surface area contributed by atoms with Gasteiger partial charge in [-0.25, -0.2) is 9.78 Å². The lowest BCUT2D eigenvalue weighted by Gasteiger charge is -2.27. The number of carboxylic acids is 1. The van der Waals surface area contributed by atoms with Crippen LogP contribution < -0.4 is 21.7 Å². The quantitative estimate of drug-likeness (QED) is 0.154. The first-order valence-electron chi connectivity index (χ1n) is 9.72. The maximum atomic E-state index is 12.6. The standard InChI is InChI=1S/C18H30N6O7/c1-3-9(2)14(17(29)23-13(7-26)18(30)31)24-16(28)12(6-25)22-15(27)11(19)4-10-5-20-8-21-10/h5,8-9,11-14,25-26H,3-4,6-7,19H2,1-2H3,(H,20,21)(H,22,27)(H,23,29)(H,24,28)(H,30,31). The van der Waals surface area contributed by atoms with Crippen LogP contribution in [0.2, 0.25) is 0 Å². The zero-order valence-corrected chi connectivity index (χ0v) is 17.4. The van der Waals surface area contributed by atoms with Gasteiger partial charge in [0.1, 0.15) is 18.1 Å². The number of aliphatic carboxylic acids is 1. The van der Waals surface area contributed by atoms with Gasteiger partial charge in [-0.2, -0.15) is 0 Å². The number of aliphatic hydroxyl groups is 2. The number of carboxylic acid groups (broad SMARTS) is 1. The van der Waals surface area contributed by atoms with E-state index in [1.165, 1.54) is 12.5 Å². The lowest BCUT2D eigenvalue weighted by molar-refractivity contribution is -0.143. The van der Waals surface area contributed by atoms with Crippen molar-refractivity contribution in [1.29, 1.82) is 0 Å². The SMILES string of the molecule is CCC(C)C(NC(=O)C(CO)NC(=O)C(N)Cc1cnc[nH]1)C(=O)NC(CO)C(=O)O. The van der Waals surface area contributed by atoms with Crippen molar-refractivity contribution in [1.82, 2.24) is 25.9 Å². The Morgan fingerprint density at radius 2 is 1.68 bits per heavy atom. The van der Waals surface area contributed by atoms with Crippen LogP contribution in [0.4, 0.5) is 0 Å². The van der Waals surface area contributed by atoms with Gasteiger partial charge in [-0.05, 0) is 5.92 Å². The van der Waals surface area contributed by atoms with Crippen LogP contribution in [-0.2, 0) is 25.6 Å². The molecular weight excluding hydrogens is 412 g/mol. The molecule has 5 atom stereocenters. The van der Waals surface area contributed by atoms with Crippen LogP contribution in [0.25, 0.3) is 0 Å². The van der Waals surface area contributed by atoms with Crippen molar-refractivity contribution >= 4 is 23.7 Å². The van der Waals surface area contributed by atoms with Crippen molar-refractivity contribution in [3.05, 3.63) is 18.2 Å². The average molecular weight is 442 g/mol. The molecule has 13 nitrogen and oxygen atoms in total. The molecule has 1 aromatic rings. The number of imidazole rings is 1. The van der Waals surface area contributed by atoms with Gasteiger partial charge in [0.2, 0.25) is 17.7 Å². The van der Waals surface area contributed by atoms with Crippen LogP contribution in [0.1, 0.15) is 26.0 Å². The molecule has 13 heteroatoms. The summed E-state index contributed by atoms with van der Waals surface area (Å²) in [7, 11) is 0. The fraction of sp³-hybridized carbons (Fsp3) is 0.611. The average Bonchev–Trinajstić information content (AvgIpc) is 3.25. The number of aliphatic hydroxyl groups excluding tert-OH is 2. The molecule has 31 heavy (non-hydrogen) atoms. The highest BCUT2D eigenvalue weighted by atomic mass is 16.4. The van der Waals surface area contributed by atoms with Crippen LogP contribution in [0, 0.1) is 5.92 Å². The highest BCUT2D eigenvalue weighted by Crippen LogP contribution is 2.09. The molecule has 0 aliphatic heterocycles. The second-order valence-electron chi connectivity index (χ2n) is 7.08. The van der Waals surface area contributed by atoms with E-state index in [0.29, 0.717) is 12.1 Å². The van der Waals surface area contributed by atoms with Gasteiger partial charge in [-0.3, -0.25) is 14.4 Å². The highest BCUT2D eigenvalue weighted by molar-refractivity contribution is 5.94. The lowest BCUT2D eigenvalue weighted by atomic mass is 9.97. The number of carbonyl (C=O) groups excluding carboxylic acids is 3. The smallest absolute Gasteiger partial charge is 0.328 e. The molecule has 5 unspecified atom stereocenters. The Labute approximate surface area is 178 Å². The topological polar surface area (TPSA) is 220 Å². The van der Waals surface area contributed by atoms with Gasteiger partial charge < -0.3 is 42.0 Å². The van der Waals surface area contributed by atoms with Gasteiger partial charge in [0.05, 0.1) is 25.6 Å². The summed E-state index contributed by atoms with van der Waals surface area (Å²) in [5, 5.41) is 34.5. The number of hydrogen-bond acceptors (Lipinski definition) is 8. The van der Waals surface area contributed by atoms with Crippen LogP contribution in [0.3, 0.4) is 0 Å². The number of carbonyl (C=O) groups is 4. The van der Waals surface area contributed by atoms with Crippen molar-refractivity contribution in [2.24, 2.45) is 11.7 Å². The van der Waals surface area contributed by atoms with Gasteiger partial charge >= 0.3 is 5.97 Å². The molecule has 1 rings (SSSR count). The van der Waals surface area contributed by atoms with Crippen LogP contribution >= 0.6 is 0 Å². The van der Waals surface area contributed by atoms with E-state index in [1.807, 2.05) is 0 Å².